The molecule has 0 fully saturated rings. The molecule has 0 spiro atoms. The quantitative estimate of drug-likeness (QED) is 0.728. The predicted octanol–water partition coefficient (Wildman–Crippen LogP) is 0.511. The van der Waals surface area contributed by atoms with Crippen LogP contribution in [0, 0.1) is 17.1 Å². The highest BCUT2D eigenvalue weighted by molar-refractivity contribution is 6.03. The molecule has 0 saturated carbocycles. The number of carbonyl (C=O) groups excluding carboxylic acids is 2. The van der Waals surface area contributed by atoms with Crippen molar-refractivity contribution in [2.45, 2.75) is 6.42 Å². The Morgan fingerprint density at radius 3 is 2.69 bits per heavy atom. The smallest absolute Gasteiger partial charge is 0.233 e. The van der Waals surface area contributed by atoms with Crippen molar-refractivity contribution in [1.82, 2.24) is 0 Å². The molecule has 0 saturated heterocycles. The first-order valence-corrected chi connectivity index (χ1v) is 4.30. The van der Waals surface area contributed by atoms with Gasteiger partial charge in [-0.15, -0.1) is 0 Å². The average Bonchev–Trinajstić information content (AvgIpc) is 2.14. The molecule has 1 aromatic carbocycles. The Morgan fingerprint density at radius 1 is 1.44 bits per heavy atom. The number of anilines is 1. The number of nitrogens with zero attached hydrogens (tertiary/aromatic N) is 1. The van der Waals surface area contributed by atoms with Crippen LogP contribution in [0.1, 0.15) is 12.0 Å². The lowest BCUT2D eigenvalue weighted by atomic mass is 10.2. The number of amides is 2. The van der Waals surface area contributed by atoms with Gasteiger partial charge in [0.05, 0.1) is 11.6 Å². The van der Waals surface area contributed by atoms with Crippen LogP contribution < -0.4 is 11.1 Å². The molecule has 0 aliphatic rings. The first-order chi connectivity index (χ1) is 7.51. The zero-order chi connectivity index (χ0) is 12.1. The highest BCUT2D eigenvalue weighted by Gasteiger charge is 2.07. The topological polar surface area (TPSA) is 96.0 Å². The van der Waals surface area contributed by atoms with Crippen LogP contribution in [0.4, 0.5) is 10.1 Å². The van der Waals surface area contributed by atoms with E-state index in [1.807, 2.05) is 0 Å². The SMILES string of the molecule is N#Cc1cc(F)cc(NC(=O)CC(N)=O)c1. The first-order valence-electron chi connectivity index (χ1n) is 4.30. The molecule has 0 aromatic heterocycles. The van der Waals surface area contributed by atoms with Crippen molar-refractivity contribution in [1.29, 1.82) is 5.26 Å². The van der Waals surface area contributed by atoms with Gasteiger partial charge in [-0.05, 0) is 18.2 Å². The summed E-state index contributed by atoms with van der Waals surface area (Å²) in [5.41, 5.74) is 5.00. The van der Waals surface area contributed by atoms with Crippen LogP contribution in [0.15, 0.2) is 18.2 Å². The zero-order valence-electron chi connectivity index (χ0n) is 8.16. The van der Waals surface area contributed by atoms with Crippen LogP contribution in [0.3, 0.4) is 0 Å². The molecule has 2 amide bonds. The minimum absolute atomic E-state index is 0.0781. The lowest BCUT2D eigenvalue weighted by molar-refractivity contribution is -0.124. The summed E-state index contributed by atoms with van der Waals surface area (Å²) in [6, 6.07) is 5.11. The van der Waals surface area contributed by atoms with Gasteiger partial charge in [-0.1, -0.05) is 0 Å². The van der Waals surface area contributed by atoms with E-state index in [1.54, 1.807) is 6.07 Å². The van der Waals surface area contributed by atoms with Crippen molar-refractivity contribution >= 4 is 17.5 Å². The summed E-state index contributed by atoms with van der Waals surface area (Å²) < 4.78 is 12.9. The Balaban J connectivity index is 2.82. The molecule has 1 rings (SSSR count). The van der Waals surface area contributed by atoms with Crippen molar-refractivity contribution in [3.8, 4) is 6.07 Å². The minimum Gasteiger partial charge on any atom is -0.369 e. The van der Waals surface area contributed by atoms with Crippen LogP contribution >= 0.6 is 0 Å². The van der Waals surface area contributed by atoms with Crippen LogP contribution in [-0.2, 0) is 9.59 Å². The van der Waals surface area contributed by atoms with Gasteiger partial charge < -0.3 is 11.1 Å². The minimum atomic E-state index is -0.783. The van der Waals surface area contributed by atoms with E-state index >= 15 is 0 Å². The number of nitriles is 1. The summed E-state index contributed by atoms with van der Waals surface area (Å²) >= 11 is 0. The fourth-order valence-electron chi connectivity index (χ4n) is 1.09. The number of nitrogens with one attached hydrogen (secondary N) is 1. The van der Waals surface area contributed by atoms with E-state index in [4.69, 9.17) is 11.0 Å². The van der Waals surface area contributed by atoms with Gasteiger partial charge in [-0.2, -0.15) is 5.26 Å². The summed E-state index contributed by atoms with van der Waals surface area (Å²) in [6.07, 6.45) is -0.488. The number of carbonyl (C=O) groups is 2. The van der Waals surface area contributed by atoms with Crippen molar-refractivity contribution in [3.05, 3.63) is 29.6 Å². The van der Waals surface area contributed by atoms with E-state index in [1.165, 1.54) is 6.07 Å². The van der Waals surface area contributed by atoms with Gasteiger partial charge in [0.2, 0.25) is 11.8 Å². The Morgan fingerprint density at radius 2 is 2.12 bits per heavy atom. The monoisotopic (exact) mass is 221 g/mol. The lowest BCUT2D eigenvalue weighted by Gasteiger charge is -2.04. The molecular weight excluding hydrogens is 213 g/mol. The standard InChI is InChI=1S/C10H8FN3O2/c11-7-1-6(5-12)2-8(3-7)14-10(16)4-9(13)15/h1-3H,4H2,(H2,13,15)(H,14,16). The second-order valence-electron chi connectivity index (χ2n) is 3.03. The van der Waals surface area contributed by atoms with Gasteiger partial charge in [0.1, 0.15) is 12.2 Å². The number of nitrogens with two attached hydrogens (primary N) is 1. The van der Waals surface area contributed by atoms with Crippen LogP contribution in [0.25, 0.3) is 0 Å². The molecular formula is C10H8FN3O2. The molecule has 6 heteroatoms. The second-order valence-corrected chi connectivity index (χ2v) is 3.03. The highest BCUT2D eigenvalue weighted by atomic mass is 19.1. The van der Waals surface area contributed by atoms with E-state index in [0.29, 0.717) is 0 Å². The van der Waals surface area contributed by atoms with Crippen LogP contribution in [0.5, 0.6) is 0 Å². The molecule has 0 bridgehead atoms. The Bertz CT molecular complexity index is 479. The maximum atomic E-state index is 12.9. The van der Waals surface area contributed by atoms with Crippen molar-refractivity contribution in [2.24, 2.45) is 5.73 Å². The Kier molecular flexibility index (Phi) is 3.56. The molecule has 82 valence electrons. The van der Waals surface area contributed by atoms with Gasteiger partial charge in [0, 0.05) is 5.69 Å². The zero-order valence-corrected chi connectivity index (χ0v) is 8.16. The van der Waals surface area contributed by atoms with Gasteiger partial charge in [-0.25, -0.2) is 4.39 Å². The van der Waals surface area contributed by atoms with E-state index in [-0.39, 0.29) is 11.3 Å². The number of rotatable bonds is 3. The fourth-order valence-corrected chi connectivity index (χ4v) is 1.09. The molecule has 16 heavy (non-hydrogen) atoms. The molecule has 5 nitrogen and oxygen atoms in total. The number of hydrogen-bond acceptors (Lipinski definition) is 3. The maximum absolute atomic E-state index is 12.9. The molecule has 0 atom stereocenters. The van der Waals surface area contributed by atoms with Crippen molar-refractivity contribution < 1.29 is 14.0 Å². The molecule has 0 unspecified atom stereocenters. The number of primary amides is 1. The van der Waals surface area contributed by atoms with Gasteiger partial charge in [0.25, 0.3) is 0 Å². The third kappa shape index (κ3) is 3.38. The second kappa shape index (κ2) is 4.89. The van der Waals surface area contributed by atoms with Gasteiger partial charge in [0.15, 0.2) is 0 Å². The third-order valence-corrected chi connectivity index (χ3v) is 1.65. The van der Waals surface area contributed by atoms with E-state index in [0.717, 1.165) is 12.1 Å². The van der Waals surface area contributed by atoms with Gasteiger partial charge in [-0.3, -0.25) is 9.59 Å². The fraction of sp³-hybridized carbons (Fsp3) is 0.100. The predicted molar refractivity (Wildman–Crippen MR) is 53.6 cm³/mol. The number of benzene rings is 1. The summed E-state index contributed by atoms with van der Waals surface area (Å²) in [4.78, 5) is 21.5. The molecule has 3 N–H and O–H groups in total. The van der Waals surface area contributed by atoms with Crippen LogP contribution in [0.2, 0.25) is 0 Å². The van der Waals surface area contributed by atoms with E-state index in [2.05, 4.69) is 5.32 Å². The molecule has 0 heterocycles. The summed E-state index contributed by atoms with van der Waals surface area (Å²) in [6.45, 7) is 0. The molecule has 1 aromatic rings. The summed E-state index contributed by atoms with van der Waals surface area (Å²) in [5.74, 6) is -2.08. The van der Waals surface area contributed by atoms with E-state index < -0.39 is 24.1 Å². The number of halogens is 1. The molecule has 0 aliphatic carbocycles. The Labute approximate surface area is 90.7 Å². The highest BCUT2D eigenvalue weighted by Crippen LogP contribution is 2.13. The third-order valence-electron chi connectivity index (χ3n) is 1.65. The first kappa shape index (κ1) is 11.7. The lowest BCUT2D eigenvalue weighted by Crippen LogP contribution is -2.21. The van der Waals surface area contributed by atoms with Crippen molar-refractivity contribution in [3.63, 3.8) is 0 Å². The normalized spacial score (nSPS) is 9.25. The maximum Gasteiger partial charge on any atom is 0.233 e. The largest absolute Gasteiger partial charge is 0.369 e. The summed E-state index contributed by atoms with van der Waals surface area (Å²) in [7, 11) is 0. The van der Waals surface area contributed by atoms with Crippen LogP contribution in [-0.4, -0.2) is 11.8 Å². The molecule has 0 radical (unpaired) electrons. The van der Waals surface area contributed by atoms with Gasteiger partial charge >= 0.3 is 0 Å². The van der Waals surface area contributed by atoms with E-state index in [9.17, 15) is 14.0 Å². The average molecular weight is 221 g/mol. The van der Waals surface area contributed by atoms with Crippen molar-refractivity contribution in [2.75, 3.05) is 5.32 Å². The molecule has 0 aliphatic heterocycles. The number of hydrogen-bond donors (Lipinski definition) is 2. The summed E-state index contributed by atoms with van der Waals surface area (Å²) in [5, 5.41) is 10.8. The Hall–Kier alpha value is -2.42.